The van der Waals surface area contributed by atoms with Crippen molar-refractivity contribution in [1.82, 2.24) is 4.90 Å². The molecule has 2 saturated carbocycles. The molecule has 164 valence electrons. The molecule has 3 aliphatic rings. The molecule has 0 aromatic heterocycles. The number of benzene rings is 1. The molecule has 8 nitrogen and oxygen atoms in total. The van der Waals surface area contributed by atoms with Crippen molar-refractivity contribution in [3.05, 3.63) is 29.8 Å². The second kappa shape index (κ2) is 8.46. The van der Waals surface area contributed by atoms with Gasteiger partial charge in [0.25, 0.3) is 5.91 Å². The summed E-state index contributed by atoms with van der Waals surface area (Å²) in [6.07, 6.45) is 0.810. The molecule has 0 radical (unpaired) electrons. The van der Waals surface area contributed by atoms with Crippen molar-refractivity contribution in [2.24, 2.45) is 23.7 Å². The van der Waals surface area contributed by atoms with Gasteiger partial charge < -0.3 is 10.1 Å². The first-order chi connectivity index (χ1) is 14.7. The molecule has 2 bridgehead atoms. The van der Waals surface area contributed by atoms with E-state index in [9.17, 15) is 24.0 Å². The summed E-state index contributed by atoms with van der Waals surface area (Å²) < 4.78 is 4.96. The van der Waals surface area contributed by atoms with E-state index in [1.165, 1.54) is 6.92 Å². The van der Waals surface area contributed by atoms with Gasteiger partial charge in [-0.05, 0) is 49.4 Å². The van der Waals surface area contributed by atoms with Crippen molar-refractivity contribution in [3.8, 4) is 0 Å². The molecule has 10 heteroatoms. The highest BCUT2D eigenvalue weighted by molar-refractivity contribution is 9.12. The molecule has 4 rings (SSSR count). The number of alkyl halides is 2. The number of carbonyl (C=O) groups is 5. The number of halogens is 2. The first kappa shape index (κ1) is 22.1. The largest absolute Gasteiger partial charge is 0.454 e. The van der Waals surface area contributed by atoms with E-state index in [-0.39, 0.29) is 39.1 Å². The number of amides is 3. The van der Waals surface area contributed by atoms with Crippen molar-refractivity contribution in [1.29, 1.82) is 0 Å². The topological polar surface area (TPSA) is 110 Å². The van der Waals surface area contributed by atoms with Crippen LogP contribution >= 0.6 is 31.9 Å². The number of nitrogens with zero attached hydrogens (tertiary/aromatic N) is 1. The molecule has 3 amide bonds. The Hall–Kier alpha value is -2.07. The van der Waals surface area contributed by atoms with Crippen LogP contribution in [0.5, 0.6) is 0 Å². The van der Waals surface area contributed by atoms with E-state index >= 15 is 0 Å². The molecule has 2 aliphatic carbocycles. The average molecular weight is 556 g/mol. The van der Waals surface area contributed by atoms with E-state index in [0.29, 0.717) is 11.3 Å². The minimum Gasteiger partial charge on any atom is -0.454 e. The minimum atomic E-state index is -0.818. The fourth-order valence-electron chi connectivity index (χ4n) is 4.87. The van der Waals surface area contributed by atoms with Gasteiger partial charge in [-0.1, -0.05) is 31.9 Å². The van der Waals surface area contributed by atoms with Crippen molar-refractivity contribution < 1.29 is 28.7 Å². The zero-order valence-corrected chi connectivity index (χ0v) is 19.7. The van der Waals surface area contributed by atoms with Crippen LogP contribution in [0.3, 0.4) is 0 Å². The highest BCUT2D eigenvalue weighted by atomic mass is 79.9. The standard InChI is InChI=1S/C21H20Br2N2O6/c1-9(26)10-2-4-11(5-3-10)24-14(27)8-31-15(28)7-25-20(29)16-12-6-13(17(16)21(25)30)19(23)18(12)22/h2-5,12-13,16-19H,6-8H2,1H3,(H,24,27)/t12-,13-,16-,17+,18+,19+/m1/s1. The Morgan fingerprint density at radius 2 is 1.58 bits per heavy atom. The summed E-state index contributed by atoms with van der Waals surface area (Å²) in [7, 11) is 0. The van der Waals surface area contributed by atoms with Gasteiger partial charge in [0.1, 0.15) is 6.54 Å². The number of carbonyl (C=O) groups excluding carboxylic acids is 5. The molecule has 1 aromatic rings. The number of nitrogens with one attached hydrogen (secondary N) is 1. The third-order valence-electron chi connectivity index (χ3n) is 6.31. The molecule has 0 spiro atoms. The van der Waals surface area contributed by atoms with E-state index in [1.54, 1.807) is 24.3 Å². The number of imide groups is 1. The van der Waals surface area contributed by atoms with Crippen LogP contribution in [0.25, 0.3) is 0 Å². The molecule has 0 unspecified atom stereocenters. The van der Waals surface area contributed by atoms with Crippen LogP contribution in [0, 0.1) is 23.7 Å². The number of hydrogen-bond donors (Lipinski definition) is 1. The number of likely N-dealkylation sites (tertiary alicyclic amines) is 1. The predicted octanol–water partition coefficient (Wildman–Crippen LogP) is 2.15. The SMILES string of the molecule is CC(=O)c1ccc(NC(=O)COC(=O)CN2C(=O)[C@@H]3[C@H]4C[C@@H]([C@H](Br)[C@H]4Br)[C@@H]3C2=O)cc1. The molecule has 1 aliphatic heterocycles. The summed E-state index contributed by atoms with van der Waals surface area (Å²) >= 11 is 7.23. The Bertz CT molecular complexity index is 933. The van der Waals surface area contributed by atoms with Crippen LogP contribution in [0.15, 0.2) is 24.3 Å². The van der Waals surface area contributed by atoms with Crippen molar-refractivity contribution in [2.45, 2.75) is 23.0 Å². The summed E-state index contributed by atoms with van der Waals surface area (Å²) in [5, 5.41) is 2.55. The van der Waals surface area contributed by atoms with Crippen LogP contribution in [0.4, 0.5) is 5.69 Å². The highest BCUT2D eigenvalue weighted by Gasteiger charge is 2.66. The lowest BCUT2D eigenvalue weighted by atomic mass is 9.81. The lowest BCUT2D eigenvalue weighted by molar-refractivity contribution is -0.154. The van der Waals surface area contributed by atoms with Gasteiger partial charge in [-0.15, -0.1) is 0 Å². The number of Topliss-reactive ketones (excluding diaryl/α,β-unsaturated/α-hetero) is 1. The molecule has 1 aromatic carbocycles. The van der Waals surface area contributed by atoms with Gasteiger partial charge in [-0.25, -0.2) is 0 Å². The van der Waals surface area contributed by atoms with E-state index < -0.39 is 36.9 Å². The van der Waals surface area contributed by atoms with E-state index in [0.717, 1.165) is 11.3 Å². The maximum absolute atomic E-state index is 12.8. The number of ketones is 1. The monoisotopic (exact) mass is 554 g/mol. The fraction of sp³-hybridized carbons (Fsp3) is 0.476. The molecule has 1 N–H and O–H groups in total. The molecule has 1 saturated heterocycles. The first-order valence-corrected chi connectivity index (χ1v) is 11.7. The lowest BCUT2D eigenvalue weighted by Crippen LogP contribution is -2.38. The van der Waals surface area contributed by atoms with Gasteiger partial charge in [-0.3, -0.25) is 28.9 Å². The van der Waals surface area contributed by atoms with Crippen LogP contribution in [0.2, 0.25) is 0 Å². The molecular weight excluding hydrogens is 536 g/mol. The number of esters is 1. The zero-order chi connectivity index (χ0) is 22.4. The third-order valence-corrected chi connectivity index (χ3v) is 9.51. The Labute approximate surface area is 195 Å². The Balaban J connectivity index is 1.29. The predicted molar refractivity (Wildman–Crippen MR) is 117 cm³/mol. The summed E-state index contributed by atoms with van der Waals surface area (Å²) in [5.41, 5.74) is 0.966. The average Bonchev–Trinajstić information content (AvgIpc) is 3.33. The zero-order valence-electron chi connectivity index (χ0n) is 16.5. The highest BCUT2D eigenvalue weighted by Crippen LogP contribution is 2.60. The summed E-state index contributed by atoms with van der Waals surface area (Å²) in [5.74, 6) is -2.81. The lowest BCUT2D eigenvalue weighted by Gasteiger charge is -2.28. The maximum Gasteiger partial charge on any atom is 0.326 e. The van der Waals surface area contributed by atoms with Crippen LogP contribution in [-0.4, -0.2) is 57.2 Å². The third kappa shape index (κ3) is 3.95. The normalized spacial score (nSPS) is 31.0. The van der Waals surface area contributed by atoms with Gasteiger partial charge in [0.15, 0.2) is 12.4 Å². The maximum atomic E-state index is 12.8. The van der Waals surface area contributed by atoms with Gasteiger partial charge in [0, 0.05) is 20.9 Å². The van der Waals surface area contributed by atoms with Gasteiger partial charge >= 0.3 is 5.97 Å². The molecule has 31 heavy (non-hydrogen) atoms. The van der Waals surface area contributed by atoms with Crippen molar-refractivity contribution >= 4 is 67.0 Å². The first-order valence-electron chi connectivity index (χ1n) is 9.89. The summed E-state index contributed by atoms with van der Waals surface area (Å²) in [6, 6.07) is 6.29. The molecule has 1 heterocycles. The van der Waals surface area contributed by atoms with Gasteiger partial charge in [0.05, 0.1) is 11.8 Å². The molecule has 3 fully saturated rings. The van der Waals surface area contributed by atoms with Gasteiger partial charge in [0.2, 0.25) is 11.8 Å². The fourth-order valence-corrected chi connectivity index (χ4v) is 6.75. The summed E-state index contributed by atoms with van der Waals surface area (Å²) in [6.45, 7) is 0.399. The van der Waals surface area contributed by atoms with Crippen LogP contribution in [0.1, 0.15) is 23.7 Å². The van der Waals surface area contributed by atoms with Crippen molar-refractivity contribution in [2.75, 3.05) is 18.5 Å². The Morgan fingerprint density at radius 1 is 1.03 bits per heavy atom. The quantitative estimate of drug-likeness (QED) is 0.249. The smallest absolute Gasteiger partial charge is 0.326 e. The Morgan fingerprint density at radius 3 is 2.10 bits per heavy atom. The van der Waals surface area contributed by atoms with Crippen LogP contribution < -0.4 is 5.32 Å². The summed E-state index contributed by atoms with van der Waals surface area (Å²) in [4.78, 5) is 62.3. The van der Waals surface area contributed by atoms with Gasteiger partial charge in [-0.2, -0.15) is 0 Å². The number of ether oxygens (including phenoxy) is 1. The van der Waals surface area contributed by atoms with E-state index in [1.807, 2.05) is 0 Å². The number of fused-ring (bicyclic) bond motifs is 5. The number of anilines is 1. The minimum absolute atomic E-state index is 0.0667. The number of rotatable bonds is 6. The van der Waals surface area contributed by atoms with Crippen LogP contribution in [-0.2, 0) is 23.9 Å². The second-order valence-corrected chi connectivity index (χ2v) is 10.2. The van der Waals surface area contributed by atoms with E-state index in [4.69, 9.17) is 4.74 Å². The molecular formula is C21H20Br2N2O6. The second-order valence-electron chi connectivity index (χ2n) is 8.11. The Kier molecular flexibility index (Phi) is 6.04. The molecule has 6 atom stereocenters. The van der Waals surface area contributed by atoms with Crippen molar-refractivity contribution in [3.63, 3.8) is 0 Å². The van der Waals surface area contributed by atoms with E-state index in [2.05, 4.69) is 37.2 Å². The number of hydrogen-bond acceptors (Lipinski definition) is 6.